The molecule has 7 heteroatoms. The number of aromatic carboxylic acids is 1. The molecular weight excluding hydrogens is 287 g/mol. The predicted octanol–water partition coefficient (Wildman–Crippen LogP) is 3.92. The number of carboxylic acid groups (broad SMARTS) is 1. The normalized spacial score (nSPS) is 11.4. The maximum absolute atomic E-state index is 12.6. The zero-order chi connectivity index (χ0) is 15.6. The smallest absolute Gasteiger partial charge is 0.416 e. The standard InChI is InChI=1S/C14H12F3NO3/c1-8-12(13(19)20)6-11(21-8)7-18-10-4-2-3-9(5-10)14(15,16)17/h2-6,18H,7H2,1H3,(H,19,20). The van der Waals surface area contributed by atoms with Gasteiger partial charge in [-0.2, -0.15) is 13.2 Å². The Morgan fingerprint density at radius 3 is 2.62 bits per heavy atom. The zero-order valence-corrected chi connectivity index (χ0v) is 11.0. The molecule has 2 aromatic rings. The molecule has 0 atom stereocenters. The number of hydrogen-bond acceptors (Lipinski definition) is 3. The molecular formula is C14H12F3NO3. The molecule has 112 valence electrons. The van der Waals surface area contributed by atoms with Crippen LogP contribution >= 0.6 is 0 Å². The number of anilines is 1. The topological polar surface area (TPSA) is 62.5 Å². The highest BCUT2D eigenvalue weighted by Crippen LogP contribution is 2.30. The summed E-state index contributed by atoms with van der Waals surface area (Å²) in [6.45, 7) is 1.60. The van der Waals surface area contributed by atoms with Gasteiger partial charge in [0.2, 0.25) is 0 Å². The van der Waals surface area contributed by atoms with E-state index >= 15 is 0 Å². The summed E-state index contributed by atoms with van der Waals surface area (Å²) in [6.07, 6.45) is -4.41. The highest BCUT2D eigenvalue weighted by Gasteiger charge is 2.30. The summed E-state index contributed by atoms with van der Waals surface area (Å²) in [4.78, 5) is 10.9. The van der Waals surface area contributed by atoms with Gasteiger partial charge in [-0.1, -0.05) is 6.07 Å². The summed E-state index contributed by atoms with van der Waals surface area (Å²) in [5.41, 5.74) is -0.444. The summed E-state index contributed by atoms with van der Waals surface area (Å²) in [5.74, 6) is -0.521. The largest absolute Gasteiger partial charge is 0.478 e. The van der Waals surface area contributed by atoms with E-state index in [-0.39, 0.29) is 23.6 Å². The second-order valence-electron chi connectivity index (χ2n) is 4.42. The van der Waals surface area contributed by atoms with Crippen LogP contribution < -0.4 is 5.32 Å². The van der Waals surface area contributed by atoms with Crippen LogP contribution in [0.4, 0.5) is 18.9 Å². The summed E-state index contributed by atoms with van der Waals surface area (Å²) in [7, 11) is 0. The van der Waals surface area contributed by atoms with Gasteiger partial charge in [0.25, 0.3) is 0 Å². The van der Waals surface area contributed by atoms with Gasteiger partial charge in [0.15, 0.2) is 0 Å². The third-order valence-corrected chi connectivity index (χ3v) is 2.86. The van der Waals surface area contributed by atoms with Crippen LogP contribution in [-0.4, -0.2) is 11.1 Å². The first-order valence-corrected chi connectivity index (χ1v) is 6.01. The second-order valence-corrected chi connectivity index (χ2v) is 4.42. The molecule has 21 heavy (non-hydrogen) atoms. The molecule has 0 aliphatic carbocycles. The van der Waals surface area contributed by atoms with E-state index < -0.39 is 17.7 Å². The van der Waals surface area contributed by atoms with Crippen LogP contribution in [0.15, 0.2) is 34.7 Å². The Hall–Kier alpha value is -2.44. The van der Waals surface area contributed by atoms with E-state index in [0.29, 0.717) is 5.76 Å². The molecule has 0 unspecified atom stereocenters. The summed E-state index contributed by atoms with van der Waals surface area (Å²) < 4.78 is 42.9. The van der Waals surface area contributed by atoms with Crippen molar-refractivity contribution in [1.29, 1.82) is 0 Å². The molecule has 2 N–H and O–H groups in total. The molecule has 1 aromatic carbocycles. The van der Waals surface area contributed by atoms with Crippen LogP contribution in [0.1, 0.15) is 27.4 Å². The molecule has 2 rings (SSSR count). The second kappa shape index (κ2) is 5.51. The number of nitrogens with one attached hydrogen (secondary N) is 1. The quantitative estimate of drug-likeness (QED) is 0.898. The van der Waals surface area contributed by atoms with Gasteiger partial charge < -0.3 is 14.8 Å². The van der Waals surface area contributed by atoms with Gasteiger partial charge in [0.1, 0.15) is 17.1 Å². The number of hydrogen-bond donors (Lipinski definition) is 2. The van der Waals surface area contributed by atoms with E-state index in [2.05, 4.69) is 5.32 Å². The molecule has 0 fully saturated rings. The SMILES string of the molecule is Cc1oc(CNc2cccc(C(F)(F)F)c2)cc1C(=O)O. The lowest BCUT2D eigenvalue weighted by molar-refractivity contribution is -0.137. The summed E-state index contributed by atoms with van der Waals surface area (Å²) >= 11 is 0. The van der Waals surface area contributed by atoms with Crippen molar-refractivity contribution in [3.63, 3.8) is 0 Å². The fraction of sp³-hybridized carbons (Fsp3) is 0.214. The fourth-order valence-electron chi connectivity index (χ4n) is 1.84. The van der Waals surface area contributed by atoms with Crippen LogP contribution in [0.3, 0.4) is 0 Å². The van der Waals surface area contributed by atoms with E-state index in [4.69, 9.17) is 9.52 Å². The van der Waals surface area contributed by atoms with Crippen LogP contribution in [0.5, 0.6) is 0 Å². The zero-order valence-electron chi connectivity index (χ0n) is 11.0. The van der Waals surface area contributed by atoms with Crippen molar-refractivity contribution < 1.29 is 27.5 Å². The maximum Gasteiger partial charge on any atom is 0.416 e. The predicted molar refractivity (Wildman–Crippen MR) is 69.2 cm³/mol. The van der Waals surface area contributed by atoms with Crippen molar-refractivity contribution in [1.82, 2.24) is 0 Å². The molecule has 0 saturated heterocycles. The van der Waals surface area contributed by atoms with Crippen molar-refractivity contribution in [2.24, 2.45) is 0 Å². The molecule has 1 heterocycles. The van der Waals surface area contributed by atoms with Gasteiger partial charge in [0, 0.05) is 5.69 Å². The van der Waals surface area contributed by atoms with Crippen LogP contribution in [0.2, 0.25) is 0 Å². The Balaban J connectivity index is 2.10. The Morgan fingerprint density at radius 2 is 2.05 bits per heavy atom. The Bertz CT molecular complexity index is 662. The van der Waals surface area contributed by atoms with Crippen molar-refractivity contribution >= 4 is 11.7 Å². The number of carbonyl (C=O) groups is 1. The molecule has 0 amide bonds. The van der Waals surface area contributed by atoms with Gasteiger partial charge >= 0.3 is 12.1 Å². The number of benzene rings is 1. The van der Waals surface area contributed by atoms with Crippen molar-refractivity contribution in [2.45, 2.75) is 19.6 Å². The third kappa shape index (κ3) is 3.56. The summed E-state index contributed by atoms with van der Waals surface area (Å²) in [6, 6.07) is 6.08. The van der Waals surface area contributed by atoms with Crippen molar-refractivity contribution in [2.75, 3.05) is 5.32 Å². The van der Waals surface area contributed by atoms with E-state index in [9.17, 15) is 18.0 Å². The number of alkyl halides is 3. The molecule has 4 nitrogen and oxygen atoms in total. The Morgan fingerprint density at radius 1 is 1.33 bits per heavy atom. The Kier molecular flexibility index (Phi) is 3.93. The average Bonchev–Trinajstić information content (AvgIpc) is 2.77. The van der Waals surface area contributed by atoms with Crippen LogP contribution in [-0.2, 0) is 12.7 Å². The van der Waals surface area contributed by atoms with Gasteiger partial charge in [-0.05, 0) is 31.2 Å². The Labute approximate surface area is 118 Å². The molecule has 0 bridgehead atoms. The molecule has 0 saturated carbocycles. The fourth-order valence-corrected chi connectivity index (χ4v) is 1.84. The number of carboxylic acids is 1. The first kappa shape index (κ1) is 15.0. The van der Waals surface area contributed by atoms with E-state index in [1.54, 1.807) is 0 Å². The number of halogens is 3. The molecule has 0 radical (unpaired) electrons. The molecule has 0 aliphatic heterocycles. The van der Waals surface area contributed by atoms with Gasteiger partial charge in [0.05, 0.1) is 12.1 Å². The maximum atomic E-state index is 12.6. The minimum Gasteiger partial charge on any atom is -0.478 e. The van der Waals surface area contributed by atoms with E-state index in [0.717, 1.165) is 12.1 Å². The lowest BCUT2D eigenvalue weighted by atomic mass is 10.2. The lowest BCUT2D eigenvalue weighted by Gasteiger charge is -2.09. The van der Waals surface area contributed by atoms with E-state index in [1.165, 1.54) is 25.1 Å². The first-order chi connectivity index (χ1) is 9.77. The number of rotatable bonds is 4. The summed E-state index contributed by atoms with van der Waals surface area (Å²) in [5, 5.41) is 11.7. The average molecular weight is 299 g/mol. The molecule has 0 spiro atoms. The van der Waals surface area contributed by atoms with Crippen LogP contribution in [0.25, 0.3) is 0 Å². The van der Waals surface area contributed by atoms with Gasteiger partial charge in [-0.15, -0.1) is 0 Å². The minimum absolute atomic E-state index is 0.0378. The van der Waals surface area contributed by atoms with Crippen molar-refractivity contribution in [3.8, 4) is 0 Å². The highest BCUT2D eigenvalue weighted by atomic mass is 19.4. The molecule has 0 aliphatic rings. The molecule has 1 aromatic heterocycles. The van der Waals surface area contributed by atoms with E-state index in [1.807, 2.05) is 0 Å². The van der Waals surface area contributed by atoms with Crippen molar-refractivity contribution in [3.05, 3.63) is 53.0 Å². The third-order valence-electron chi connectivity index (χ3n) is 2.86. The monoisotopic (exact) mass is 299 g/mol. The number of aryl methyl sites for hydroxylation is 1. The van der Waals surface area contributed by atoms with Gasteiger partial charge in [-0.3, -0.25) is 0 Å². The first-order valence-electron chi connectivity index (χ1n) is 6.01. The lowest BCUT2D eigenvalue weighted by Crippen LogP contribution is -2.06. The highest BCUT2D eigenvalue weighted by molar-refractivity contribution is 5.88. The minimum atomic E-state index is -4.41. The van der Waals surface area contributed by atoms with Crippen LogP contribution in [0, 0.1) is 6.92 Å². The van der Waals surface area contributed by atoms with Gasteiger partial charge in [-0.25, -0.2) is 4.79 Å². The number of furan rings is 1.